The van der Waals surface area contributed by atoms with Gasteiger partial charge in [0, 0.05) is 6.54 Å². The molecule has 0 aromatic heterocycles. The summed E-state index contributed by atoms with van der Waals surface area (Å²) in [7, 11) is 0. The minimum atomic E-state index is -0.350. The molecule has 3 rings (SSSR count). The minimum absolute atomic E-state index is 0.0197. The maximum absolute atomic E-state index is 12.5. The highest BCUT2D eigenvalue weighted by Crippen LogP contribution is 2.18. The molecule has 1 saturated heterocycles. The van der Waals surface area contributed by atoms with Gasteiger partial charge in [-0.2, -0.15) is 10.5 Å². The van der Waals surface area contributed by atoms with E-state index in [-0.39, 0.29) is 31.6 Å². The number of nitrogens with zero attached hydrogens (tertiary/aromatic N) is 4. The molecule has 6 nitrogen and oxygen atoms in total. The Bertz CT molecular complexity index is 906. The molecule has 25 heavy (non-hydrogen) atoms. The highest BCUT2D eigenvalue weighted by atomic mass is 16.2. The van der Waals surface area contributed by atoms with Gasteiger partial charge in [-0.1, -0.05) is 24.3 Å². The van der Waals surface area contributed by atoms with Crippen LogP contribution in [0.4, 0.5) is 4.79 Å². The van der Waals surface area contributed by atoms with Crippen LogP contribution in [0.1, 0.15) is 22.3 Å². The predicted octanol–water partition coefficient (Wildman–Crippen LogP) is 2.39. The highest BCUT2D eigenvalue weighted by Gasteiger charge is 2.35. The lowest BCUT2D eigenvalue weighted by Crippen LogP contribution is -2.32. The van der Waals surface area contributed by atoms with E-state index in [1.807, 2.05) is 12.1 Å². The molecule has 0 aliphatic carbocycles. The van der Waals surface area contributed by atoms with Gasteiger partial charge in [-0.05, 0) is 35.4 Å². The van der Waals surface area contributed by atoms with Gasteiger partial charge in [0.2, 0.25) is 0 Å². The largest absolute Gasteiger partial charge is 0.327 e. The molecule has 6 heteroatoms. The molecule has 1 heterocycles. The fourth-order valence-electron chi connectivity index (χ4n) is 2.70. The number of hydrogen-bond acceptors (Lipinski definition) is 4. The van der Waals surface area contributed by atoms with Gasteiger partial charge in [-0.25, -0.2) is 4.79 Å². The number of carbonyl (C=O) groups excluding carboxylic acids is 2. The molecule has 0 saturated carbocycles. The molecule has 2 aromatic carbocycles. The van der Waals surface area contributed by atoms with Gasteiger partial charge in [-0.15, -0.1) is 0 Å². The number of nitriles is 2. The van der Waals surface area contributed by atoms with Gasteiger partial charge in [0.1, 0.15) is 6.54 Å². The van der Waals surface area contributed by atoms with E-state index in [1.54, 1.807) is 42.5 Å². The molecule has 1 aliphatic heterocycles. The summed E-state index contributed by atoms with van der Waals surface area (Å²) in [6.45, 7) is 0.480. The molecule has 1 fully saturated rings. The van der Waals surface area contributed by atoms with Crippen molar-refractivity contribution in [2.45, 2.75) is 13.1 Å². The van der Waals surface area contributed by atoms with Crippen LogP contribution in [0, 0.1) is 22.7 Å². The van der Waals surface area contributed by atoms with Gasteiger partial charge in [0.15, 0.2) is 0 Å². The average Bonchev–Trinajstić information content (AvgIpc) is 2.90. The summed E-state index contributed by atoms with van der Waals surface area (Å²) < 4.78 is 0. The smallest absolute Gasteiger partial charge is 0.311 e. The van der Waals surface area contributed by atoms with E-state index in [0.717, 1.165) is 11.1 Å². The van der Waals surface area contributed by atoms with Crippen LogP contribution < -0.4 is 0 Å². The molecular weight excluding hydrogens is 316 g/mol. The number of urea groups is 1. The molecule has 3 amide bonds. The van der Waals surface area contributed by atoms with Crippen LogP contribution in [0.25, 0.3) is 0 Å². The van der Waals surface area contributed by atoms with Crippen molar-refractivity contribution in [1.29, 1.82) is 10.5 Å². The van der Waals surface area contributed by atoms with Gasteiger partial charge in [0.25, 0.3) is 5.91 Å². The maximum atomic E-state index is 12.5. The Labute approximate surface area is 145 Å². The monoisotopic (exact) mass is 330 g/mol. The molecule has 0 N–H and O–H groups in total. The lowest BCUT2D eigenvalue weighted by Gasteiger charge is -2.17. The van der Waals surface area contributed by atoms with Gasteiger partial charge >= 0.3 is 6.03 Å². The number of hydrogen-bond donors (Lipinski definition) is 0. The fraction of sp³-hybridized carbons (Fsp3) is 0.158. The number of imide groups is 1. The van der Waals surface area contributed by atoms with Gasteiger partial charge in [-0.3, -0.25) is 9.69 Å². The second-order valence-electron chi connectivity index (χ2n) is 5.74. The van der Waals surface area contributed by atoms with E-state index in [4.69, 9.17) is 10.5 Å². The molecule has 122 valence electrons. The van der Waals surface area contributed by atoms with Crippen molar-refractivity contribution in [1.82, 2.24) is 9.80 Å². The molecule has 0 unspecified atom stereocenters. The second-order valence-corrected chi connectivity index (χ2v) is 5.74. The Hall–Kier alpha value is -3.64. The molecule has 0 spiro atoms. The van der Waals surface area contributed by atoms with Crippen molar-refractivity contribution in [2.24, 2.45) is 0 Å². The van der Waals surface area contributed by atoms with Gasteiger partial charge < -0.3 is 4.90 Å². The van der Waals surface area contributed by atoms with Crippen LogP contribution in [0.2, 0.25) is 0 Å². The Kier molecular flexibility index (Phi) is 4.45. The van der Waals surface area contributed by atoms with Crippen LogP contribution in [0.3, 0.4) is 0 Å². The lowest BCUT2D eigenvalue weighted by atomic mass is 10.1. The maximum Gasteiger partial charge on any atom is 0.327 e. The molecule has 1 aliphatic rings. The zero-order chi connectivity index (χ0) is 17.8. The first-order valence-corrected chi connectivity index (χ1v) is 7.68. The van der Waals surface area contributed by atoms with E-state index in [2.05, 4.69) is 6.07 Å². The van der Waals surface area contributed by atoms with E-state index < -0.39 is 0 Å². The Morgan fingerprint density at radius 1 is 0.880 bits per heavy atom. The van der Waals surface area contributed by atoms with Crippen LogP contribution in [-0.2, 0) is 17.9 Å². The molecule has 0 bridgehead atoms. The summed E-state index contributed by atoms with van der Waals surface area (Å²) in [5, 5.41) is 17.8. The first-order chi connectivity index (χ1) is 12.1. The fourth-order valence-corrected chi connectivity index (χ4v) is 2.70. The Balaban J connectivity index is 1.71. The third-order valence-electron chi connectivity index (χ3n) is 3.98. The third kappa shape index (κ3) is 3.49. The first-order valence-electron chi connectivity index (χ1n) is 7.68. The summed E-state index contributed by atoms with van der Waals surface area (Å²) in [5.41, 5.74) is 2.64. The van der Waals surface area contributed by atoms with Crippen LogP contribution in [0.5, 0.6) is 0 Å². The van der Waals surface area contributed by atoms with Crippen molar-refractivity contribution in [3.8, 4) is 12.1 Å². The third-order valence-corrected chi connectivity index (χ3v) is 3.98. The first kappa shape index (κ1) is 16.2. The van der Waals surface area contributed by atoms with Crippen molar-refractivity contribution in [2.75, 3.05) is 6.54 Å². The van der Waals surface area contributed by atoms with E-state index >= 15 is 0 Å². The Morgan fingerprint density at radius 2 is 1.60 bits per heavy atom. The summed E-state index contributed by atoms with van der Waals surface area (Å²) in [5.74, 6) is -0.259. The number of amides is 3. The predicted molar refractivity (Wildman–Crippen MR) is 88.7 cm³/mol. The van der Waals surface area contributed by atoms with Crippen LogP contribution in [-0.4, -0.2) is 28.3 Å². The van der Waals surface area contributed by atoms with Crippen molar-refractivity contribution >= 4 is 11.9 Å². The molecule has 2 aromatic rings. The quantitative estimate of drug-likeness (QED) is 0.805. The molecule has 0 radical (unpaired) electrons. The number of carbonyl (C=O) groups is 2. The molecule has 0 atom stereocenters. The number of benzene rings is 2. The summed E-state index contributed by atoms with van der Waals surface area (Å²) in [6.07, 6.45) is 0. The van der Waals surface area contributed by atoms with Crippen molar-refractivity contribution < 1.29 is 9.59 Å². The lowest BCUT2D eigenvalue weighted by molar-refractivity contribution is -0.125. The van der Waals surface area contributed by atoms with E-state index in [0.29, 0.717) is 11.1 Å². The number of rotatable bonds is 4. The topological polar surface area (TPSA) is 88.2 Å². The van der Waals surface area contributed by atoms with Crippen molar-refractivity contribution in [3.05, 3.63) is 70.8 Å². The standard InChI is InChI=1S/C19H14N4O2/c20-9-14-4-6-15(7-5-14)12-23-18(24)13-22(19(23)25)11-17-3-1-2-16(8-17)10-21/h1-8H,11-13H2. The second kappa shape index (κ2) is 6.86. The van der Waals surface area contributed by atoms with E-state index in [1.165, 1.54) is 9.80 Å². The zero-order valence-corrected chi connectivity index (χ0v) is 13.3. The summed E-state index contributed by atoms with van der Waals surface area (Å²) in [6, 6.07) is 17.5. The highest BCUT2D eigenvalue weighted by molar-refractivity contribution is 6.01. The summed E-state index contributed by atoms with van der Waals surface area (Å²) in [4.78, 5) is 27.4. The summed E-state index contributed by atoms with van der Waals surface area (Å²) >= 11 is 0. The Morgan fingerprint density at radius 3 is 2.28 bits per heavy atom. The minimum Gasteiger partial charge on any atom is -0.311 e. The molecular formula is C19H14N4O2. The van der Waals surface area contributed by atoms with Crippen molar-refractivity contribution in [3.63, 3.8) is 0 Å². The zero-order valence-electron chi connectivity index (χ0n) is 13.3. The van der Waals surface area contributed by atoms with E-state index in [9.17, 15) is 9.59 Å². The van der Waals surface area contributed by atoms with Gasteiger partial charge in [0.05, 0.1) is 29.8 Å². The van der Waals surface area contributed by atoms with Crippen LogP contribution >= 0.6 is 0 Å². The average molecular weight is 330 g/mol. The van der Waals surface area contributed by atoms with Crippen LogP contribution in [0.15, 0.2) is 48.5 Å². The normalized spacial score (nSPS) is 13.7. The SMILES string of the molecule is N#Cc1ccc(CN2C(=O)CN(Cc3cccc(C#N)c3)C2=O)cc1.